The standard InChI is InChI=1S/C19H33N5O8/c20-8-2-1-4-11(21)16(28)22-12(6-7-15(26)27)18(30)24-9-3-5-14(24)17(29)23-13(10-25)19(31)32/h11-14,25H,1-10,20-21H2,(H,22,28)(H,23,29)(H,26,27)(H,31,32). The smallest absolute Gasteiger partial charge is 0.328 e. The van der Waals surface area contributed by atoms with E-state index in [2.05, 4.69) is 10.6 Å². The van der Waals surface area contributed by atoms with Crippen LogP contribution >= 0.6 is 0 Å². The number of nitrogens with zero attached hydrogens (tertiary/aromatic N) is 1. The summed E-state index contributed by atoms with van der Waals surface area (Å²) in [5, 5.41) is 31.8. The molecule has 32 heavy (non-hydrogen) atoms. The number of nitrogens with two attached hydrogens (primary N) is 2. The second kappa shape index (κ2) is 13.6. The highest BCUT2D eigenvalue weighted by atomic mass is 16.4. The van der Waals surface area contributed by atoms with E-state index in [1.54, 1.807) is 0 Å². The quantitative estimate of drug-likeness (QED) is 0.133. The van der Waals surface area contributed by atoms with Gasteiger partial charge in [-0.2, -0.15) is 0 Å². The number of aliphatic hydroxyl groups is 1. The fourth-order valence-corrected chi connectivity index (χ4v) is 3.40. The maximum atomic E-state index is 13.1. The fraction of sp³-hybridized carbons (Fsp3) is 0.737. The van der Waals surface area contributed by atoms with E-state index in [1.807, 2.05) is 0 Å². The van der Waals surface area contributed by atoms with Crippen LogP contribution < -0.4 is 22.1 Å². The molecule has 0 radical (unpaired) electrons. The van der Waals surface area contributed by atoms with Crippen LogP contribution in [0.4, 0.5) is 0 Å². The molecule has 4 atom stereocenters. The first kappa shape index (κ1) is 27.3. The SMILES string of the molecule is NCCCCC(N)C(=O)NC(CCC(=O)O)C(=O)N1CCCC1C(=O)NC(CO)C(=O)O. The Bertz CT molecular complexity index is 689. The Morgan fingerprint density at radius 3 is 2.28 bits per heavy atom. The zero-order chi connectivity index (χ0) is 24.3. The minimum absolute atomic E-state index is 0.176. The first-order chi connectivity index (χ1) is 15.1. The summed E-state index contributed by atoms with van der Waals surface area (Å²) >= 11 is 0. The number of nitrogens with one attached hydrogen (secondary N) is 2. The minimum atomic E-state index is -1.52. The number of aliphatic carboxylic acids is 2. The summed E-state index contributed by atoms with van der Waals surface area (Å²) in [4.78, 5) is 61.3. The van der Waals surface area contributed by atoms with Gasteiger partial charge in [-0.05, 0) is 38.6 Å². The van der Waals surface area contributed by atoms with Gasteiger partial charge in [0.2, 0.25) is 17.7 Å². The van der Waals surface area contributed by atoms with Crippen molar-refractivity contribution in [1.82, 2.24) is 15.5 Å². The van der Waals surface area contributed by atoms with E-state index < -0.39 is 66.9 Å². The molecule has 0 saturated carbocycles. The third-order valence-corrected chi connectivity index (χ3v) is 5.20. The van der Waals surface area contributed by atoms with E-state index >= 15 is 0 Å². The van der Waals surface area contributed by atoms with Crippen molar-refractivity contribution in [2.45, 2.75) is 69.1 Å². The maximum Gasteiger partial charge on any atom is 0.328 e. The third-order valence-electron chi connectivity index (χ3n) is 5.20. The van der Waals surface area contributed by atoms with Crippen LogP contribution in [0, 0.1) is 0 Å². The van der Waals surface area contributed by atoms with Crippen LogP contribution in [0.3, 0.4) is 0 Å². The Kier molecular flexibility index (Phi) is 11.6. The molecule has 0 spiro atoms. The number of aliphatic hydroxyl groups excluding tert-OH is 1. The topological polar surface area (TPSA) is 225 Å². The molecule has 13 nitrogen and oxygen atoms in total. The second-order valence-electron chi connectivity index (χ2n) is 7.66. The summed E-state index contributed by atoms with van der Waals surface area (Å²) in [6.07, 6.45) is 1.76. The number of unbranched alkanes of at least 4 members (excludes halogenated alkanes) is 1. The van der Waals surface area contributed by atoms with Crippen molar-refractivity contribution in [2.24, 2.45) is 11.5 Å². The van der Waals surface area contributed by atoms with Gasteiger partial charge >= 0.3 is 11.9 Å². The van der Waals surface area contributed by atoms with Crippen molar-refractivity contribution >= 4 is 29.7 Å². The monoisotopic (exact) mass is 459 g/mol. The summed E-state index contributed by atoms with van der Waals surface area (Å²) in [6, 6.07) is -4.63. The van der Waals surface area contributed by atoms with Gasteiger partial charge in [-0.15, -0.1) is 0 Å². The lowest BCUT2D eigenvalue weighted by molar-refractivity contribution is -0.145. The predicted molar refractivity (Wildman–Crippen MR) is 111 cm³/mol. The summed E-state index contributed by atoms with van der Waals surface area (Å²) in [5.74, 6) is -4.60. The molecular weight excluding hydrogens is 426 g/mol. The average molecular weight is 460 g/mol. The number of amides is 3. The molecule has 0 aliphatic carbocycles. The molecule has 1 aliphatic heterocycles. The van der Waals surface area contributed by atoms with Gasteiger partial charge in [0.05, 0.1) is 12.6 Å². The van der Waals surface area contributed by atoms with E-state index in [9.17, 15) is 24.0 Å². The molecule has 1 heterocycles. The normalized spacial score (nSPS) is 18.5. The Hall–Kier alpha value is -2.77. The highest BCUT2D eigenvalue weighted by Crippen LogP contribution is 2.20. The number of rotatable bonds is 14. The molecule has 1 saturated heterocycles. The molecule has 1 rings (SSSR count). The van der Waals surface area contributed by atoms with Crippen molar-refractivity contribution in [3.05, 3.63) is 0 Å². The van der Waals surface area contributed by atoms with Gasteiger partial charge in [0.25, 0.3) is 0 Å². The third kappa shape index (κ3) is 8.40. The molecule has 1 fully saturated rings. The summed E-state index contributed by atoms with van der Waals surface area (Å²) in [7, 11) is 0. The van der Waals surface area contributed by atoms with Crippen LogP contribution in [0.2, 0.25) is 0 Å². The zero-order valence-corrected chi connectivity index (χ0v) is 17.9. The van der Waals surface area contributed by atoms with E-state index in [0.29, 0.717) is 32.2 Å². The lowest BCUT2D eigenvalue weighted by Crippen LogP contribution is -2.57. The van der Waals surface area contributed by atoms with E-state index in [-0.39, 0.29) is 19.4 Å². The maximum absolute atomic E-state index is 13.1. The first-order valence-corrected chi connectivity index (χ1v) is 10.5. The summed E-state index contributed by atoms with van der Waals surface area (Å²) in [6.45, 7) is -0.192. The van der Waals surface area contributed by atoms with Gasteiger partial charge < -0.3 is 42.3 Å². The highest BCUT2D eigenvalue weighted by Gasteiger charge is 2.39. The molecule has 0 aromatic heterocycles. The van der Waals surface area contributed by atoms with Gasteiger partial charge in [0.1, 0.15) is 18.1 Å². The predicted octanol–water partition coefficient (Wildman–Crippen LogP) is -2.65. The molecule has 4 unspecified atom stereocenters. The Labute approximate surface area is 185 Å². The van der Waals surface area contributed by atoms with Crippen molar-refractivity contribution in [3.63, 3.8) is 0 Å². The average Bonchev–Trinajstić information content (AvgIpc) is 3.23. The fourth-order valence-electron chi connectivity index (χ4n) is 3.40. The van der Waals surface area contributed by atoms with Crippen molar-refractivity contribution in [3.8, 4) is 0 Å². The van der Waals surface area contributed by atoms with Crippen LogP contribution in [0.1, 0.15) is 44.9 Å². The molecule has 1 aliphatic rings. The van der Waals surface area contributed by atoms with Crippen LogP contribution in [0.25, 0.3) is 0 Å². The second-order valence-corrected chi connectivity index (χ2v) is 7.66. The van der Waals surface area contributed by atoms with Crippen molar-refractivity contribution < 1.29 is 39.3 Å². The molecule has 0 aromatic carbocycles. The van der Waals surface area contributed by atoms with Crippen molar-refractivity contribution in [1.29, 1.82) is 0 Å². The van der Waals surface area contributed by atoms with Crippen LogP contribution in [0.15, 0.2) is 0 Å². The molecule has 3 amide bonds. The van der Waals surface area contributed by atoms with Gasteiger partial charge in [-0.25, -0.2) is 4.79 Å². The molecule has 182 valence electrons. The van der Waals surface area contributed by atoms with Gasteiger partial charge in [-0.1, -0.05) is 6.42 Å². The first-order valence-electron chi connectivity index (χ1n) is 10.5. The van der Waals surface area contributed by atoms with Crippen LogP contribution in [0.5, 0.6) is 0 Å². The lowest BCUT2D eigenvalue weighted by atomic mass is 10.1. The summed E-state index contributed by atoms with van der Waals surface area (Å²) in [5.41, 5.74) is 11.3. The number of hydrogen-bond donors (Lipinski definition) is 7. The minimum Gasteiger partial charge on any atom is -0.481 e. The number of likely N-dealkylation sites (tertiary alicyclic amines) is 1. The van der Waals surface area contributed by atoms with E-state index in [0.717, 1.165) is 0 Å². The zero-order valence-electron chi connectivity index (χ0n) is 17.9. The molecular formula is C19H33N5O8. The van der Waals surface area contributed by atoms with E-state index in [1.165, 1.54) is 4.90 Å². The number of carbonyl (C=O) groups is 5. The summed E-state index contributed by atoms with van der Waals surface area (Å²) < 4.78 is 0. The van der Waals surface area contributed by atoms with Gasteiger partial charge in [0.15, 0.2) is 0 Å². The van der Waals surface area contributed by atoms with Gasteiger partial charge in [-0.3, -0.25) is 19.2 Å². The number of carboxylic acid groups (broad SMARTS) is 2. The van der Waals surface area contributed by atoms with Crippen LogP contribution in [-0.2, 0) is 24.0 Å². The van der Waals surface area contributed by atoms with Gasteiger partial charge in [0, 0.05) is 13.0 Å². The lowest BCUT2D eigenvalue weighted by Gasteiger charge is -2.29. The largest absolute Gasteiger partial charge is 0.481 e. The molecule has 0 aromatic rings. The highest BCUT2D eigenvalue weighted by molar-refractivity contribution is 5.94. The number of carbonyl (C=O) groups excluding carboxylic acids is 3. The number of carboxylic acids is 2. The Morgan fingerprint density at radius 2 is 1.72 bits per heavy atom. The van der Waals surface area contributed by atoms with Crippen molar-refractivity contribution in [2.75, 3.05) is 19.7 Å². The van der Waals surface area contributed by atoms with E-state index in [4.69, 9.17) is 26.8 Å². The van der Waals surface area contributed by atoms with Crippen LogP contribution in [-0.4, -0.2) is 93.7 Å². The molecule has 13 heteroatoms. The number of hydrogen-bond acceptors (Lipinski definition) is 8. The molecule has 9 N–H and O–H groups in total. The Balaban J connectivity index is 2.90. The molecule has 0 bridgehead atoms. The Morgan fingerprint density at radius 1 is 1.03 bits per heavy atom.